The highest BCUT2D eigenvalue weighted by Gasteiger charge is 2.02. The highest BCUT2D eigenvalue weighted by atomic mass is 35.5. The summed E-state index contributed by atoms with van der Waals surface area (Å²) in [7, 11) is 0. The largest absolute Gasteiger partial charge is 0.311 e. The van der Waals surface area contributed by atoms with Crippen molar-refractivity contribution in [3.8, 4) is 11.1 Å². The molecule has 0 bridgehead atoms. The molecule has 0 aliphatic rings. The van der Waals surface area contributed by atoms with E-state index >= 15 is 0 Å². The van der Waals surface area contributed by atoms with E-state index in [1.807, 2.05) is 17.4 Å². The summed E-state index contributed by atoms with van der Waals surface area (Å²) >= 11 is 9.41. The summed E-state index contributed by atoms with van der Waals surface area (Å²) in [4.78, 5) is 2.71. The van der Waals surface area contributed by atoms with Crippen molar-refractivity contribution in [2.75, 3.05) is 6.54 Å². The average molecular weight is 334 g/mol. The molecule has 1 aromatic carbocycles. The van der Waals surface area contributed by atoms with Gasteiger partial charge in [-0.2, -0.15) is 0 Å². The van der Waals surface area contributed by atoms with Gasteiger partial charge in [-0.25, -0.2) is 0 Å². The van der Waals surface area contributed by atoms with Gasteiger partial charge in [0, 0.05) is 22.8 Å². The van der Waals surface area contributed by atoms with Crippen molar-refractivity contribution in [3.63, 3.8) is 0 Å². The Bertz CT molecular complexity index is 688. The predicted octanol–water partition coefficient (Wildman–Crippen LogP) is 5.46. The normalized spacial score (nSPS) is 10.9. The molecule has 0 saturated carbocycles. The molecule has 3 rings (SSSR count). The monoisotopic (exact) mass is 333 g/mol. The summed E-state index contributed by atoms with van der Waals surface area (Å²) in [6.45, 7) is 1.91. The first-order chi connectivity index (χ1) is 10.3. The van der Waals surface area contributed by atoms with Gasteiger partial charge in [-0.05, 0) is 41.1 Å². The van der Waals surface area contributed by atoms with E-state index in [1.165, 1.54) is 20.9 Å². The van der Waals surface area contributed by atoms with Crippen LogP contribution in [0.1, 0.15) is 9.75 Å². The van der Waals surface area contributed by atoms with Gasteiger partial charge in [-0.3, -0.25) is 0 Å². The summed E-state index contributed by atoms with van der Waals surface area (Å²) in [6.07, 6.45) is 1.04. The van der Waals surface area contributed by atoms with Gasteiger partial charge in [0.2, 0.25) is 0 Å². The molecule has 3 aromatic rings. The van der Waals surface area contributed by atoms with E-state index in [0.717, 1.165) is 23.8 Å². The predicted molar refractivity (Wildman–Crippen MR) is 94.5 cm³/mol. The zero-order chi connectivity index (χ0) is 14.5. The molecule has 0 aliphatic carbocycles. The molecule has 0 fully saturated rings. The second-order valence-corrected chi connectivity index (χ2v) is 7.60. The first-order valence-corrected chi connectivity index (χ1v) is 8.96. The molecule has 0 amide bonds. The fourth-order valence-electron chi connectivity index (χ4n) is 2.16. The lowest BCUT2D eigenvalue weighted by atomic mass is 10.1. The second kappa shape index (κ2) is 7.23. The summed E-state index contributed by atoms with van der Waals surface area (Å²) in [5.74, 6) is 0. The minimum Gasteiger partial charge on any atom is -0.311 e. The standard InChI is InChI=1S/C17H16ClNS2/c18-17-7-6-15(21-17)8-9-19-11-16-10-14(12-20-16)13-4-2-1-3-5-13/h1-7,10,12,19H,8-9,11H2. The number of hydrogen-bond donors (Lipinski definition) is 1. The van der Waals surface area contributed by atoms with Crippen LogP contribution in [-0.2, 0) is 13.0 Å². The van der Waals surface area contributed by atoms with E-state index in [1.54, 1.807) is 11.3 Å². The summed E-state index contributed by atoms with van der Waals surface area (Å²) < 4.78 is 0.871. The molecule has 1 nitrogen and oxygen atoms in total. The van der Waals surface area contributed by atoms with Crippen LogP contribution in [0.4, 0.5) is 0 Å². The lowest BCUT2D eigenvalue weighted by molar-refractivity contribution is 0.697. The zero-order valence-electron chi connectivity index (χ0n) is 11.5. The van der Waals surface area contributed by atoms with E-state index in [-0.39, 0.29) is 0 Å². The first-order valence-electron chi connectivity index (χ1n) is 6.89. The lowest BCUT2D eigenvalue weighted by Crippen LogP contribution is -2.15. The third-order valence-corrected chi connectivity index (χ3v) is 5.46. The van der Waals surface area contributed by atoms with Crippen LogP contribution >= 0.6 is 34.3 Å². The van der Waals surface area contributed by atoms with Crippen molar-refractivity contribution in [2.45, 2.75) is 13.0 Å². The van der Waals surface area contributed by atoms with Crippen molar-refractivity contribution in [2.24, 2.45) is 0 Å². The molecule has 0 spiro atoms. The fourth-order valence-corrected chi connectivity index (χ4v) is 4.11. The Morgan fingerprint density at radius 1 is 0.952 bits per heavy atom. The maximum Gasteiger partial charge on any atom is 0.0931 e. The molecule has 21 heavy (non-hydrogen) atoms. The Hall–Kier alpha value is -1.13. The van der Waals surface area contributed by atoms with Gasteiger partial charge in [0.15, 0.2) is 0 Å². The van der Waals surface area contributed by atoms with Gasteiger partial charge in [-0.1, -0.05) is 41.9 Å². The average Bonchev–Trinajstić information content (AvgIpc) is 3.14. The van der Waals surface area contributed by atoms with Crippen molar-refractivity contribution < 1.29 is 0 Å². The van der Waals surface area contributed by atoms with Crippen molar-refractivity contribution in [1.82, 2.24) is 5.32 Å². The number of rotatable bonds is 6. The molecular weight excluding hydrogens is 318 g/mol. The highest BCUT2D eigenvalue weighted by molar-refractivity contribution is 7.16. The minimum absolute atomic E-state index is 0.871. The van der Waals surface area contributed by atoms with Gasteiger partial charge in [0.1, 0.15) is 0 Å². The van der Waals surface area contributed by atoms with Gasteiger partial charge < -0.3 is 5.32 Å². The molecule has 0 saturated heterocycles. The SMILES string of the molecule is Clc1ccc(CCNCc2cc(-c3ccccc3)cs2)s1. The molecule has 0 aliphatic heterocycles. The molecule has 1 N–H and O–H groups in total. The summed E-state index contributed by atoms with van der Waals surface area (Å²) in [6, 6.07) is 16.9. The van der Waals surface area contributed by atoms with Crippen LogP contribution in [0.15, 0.2) is 53.9 Å². The molecule has 108 valence electrons. The van der Waals surface area contributed by atoms with Crippen LogP contribution in [0, 0.1) is 0 Å². The Labute approximate surface area is 138 Å². The van der Waals surface area contributed by atoms with Crippen LogP contribution < -0.4 is 5.32 Å². The van der Waals surface area contributed by atoms with Crippen molar-refractivity contribution in [1.29, 1.82) is 0 Å². The zero-order valence-corrected chi connectivity index (χ0v) is 13.9. The second-order valence-electron chi connectivity index (χ2n) is 4.80. The number of thiophene rings is 2. The third kappa shape index (κ3) is 4.17. The van der Waals surface area contributed by atoms with Crippen LogP contribution in [-0.4, -0.2) is 6.54 Å². The van der Waals surface area contributed by atoms with Crippen LogP contribution in [0.25, 0.3) is 11.1 Å². The molecule has 0 unspecified atom stereocenters. The Kier molecular flexibility index (Phi) is 5.09. The quantitative estimate of drug-likeness (QED) is 0.590. The van der Waals surface area contributed by atoms with Crippen LogP contribution in [0.2, 0.25) is 4.34 Å². The molecular formula is C17H16ClNS2. The number of hydrogen-bond acceptors (Lipinski definition) is 3. The Balaban J connectivity index is 1.49. The van der Waals surface area contributed by atoms with Crippen LogP contribution in [0.3, 0.4) is 0 Å². The molecule has 0 atom stereocenters. The smallest absolute Gasteiger partial charge is 0.0931 e. The van der Waals surface area contributed by atoms with Crippen LogP contribution in [0.5, 0.6) is 0 Å². The lowest BCUT2D eigenvalue weighted by Gasteiger charge is -2.01. The topological polar surface area (TPSA) is 12.0 Å². The van der Waals surface area contributed by atoms with E-state index < -0.39 is 0 Å². The van der Waals surface area contributed by atoms with E-state index in [4.69, 9.17) is 11.6 Å². The Morgan fingerprint density at radius 3 is 2.57 bits per heavy atom. The molecule has 2 aromatic heterocycles. The van der Waals surface area contributed by atoms with Gasteiger partial charge in [0.05, 0.1) is 4.34 Å². The first kappa shape index (κ1) is 14.8. The number of nitrogens with one attached hydrogen (secondary N) is 1. The highest BCUT2D eigenvalue weighted by Crippen LogP contribution is 2.25. The summed E-state index contributed by atoms with van der Waals surface area (Å²) in [5.41, 5.74) is 2.59. The van der Waals surface area contributed by atoms with Gasteiger partial charge in [-0.15, -0.1) is 22.7 Å². The number of halogens is 1. The van der Waals surface area contributed by atoms with E-state index in [9.17, 15) is 0 Å². The van der Waals surface area contributed by atoms with Crippen molar-refractivity contribution >= 4 is 34.3 Å². The van der Waals surface area contributed by atoms with E-state index in [0.29, 0.717) is 0 Å². The molecule has 4 heteroatoms. The molecule has 0 radical (unpaired) electrons. The van der Waals surface area contributed by atoms with Gasteiger partial charge in [0.25, 0.3) is 0 Å². The minimum atomic E-state index is 0.871. The maximum atomic E-state index is 5.93. The third-order valence-electron chi connectivity index (χ3n) is 3.24. The van der Waals surface area contributed by atoms with Crippen molar-refractivity contribution in [3.05, 3.63) is 68.0 Å². The molecule has 2 heterocycles. The Morgan fingerprint density at radius 2 is 1.81 bits per heavy atom. The fraction of sp³-hybridized carbons (Fsp3) is 0.176. The van der Waals surface area contributed by atoms with E-state index in [2.05, 4.69) is 53.2 Å². The van der Waals surface area contributed by atoms with Gasteiger partial charge >= 0.3 is 0 Å². The summed E-state index contributed by atoms with van der Waals surface area (Å²) in [5, 5.41) is 5.73. The maximum absolute atomic E-state index is 5.93. The number of benzene rings is 1.